The molecular formula is C74H145NO5. The molecule has 0 saturated carbocycles. The van der Waals surface area contributed by atoms with Gasteiger partial charge in [0.05, 0.1) is 25.4 Å². The highest BCUT2D eigenvalue weighted by molar-refractivity contribution is 5.76. The maximum absolute atomic E-state index is 12.5. The summed E-state index contributed by atoms with van der Waals surface area (Å²) >= 11 is 0. The van der Waals surface area contributed by atoms with Crippen LogP contribution in [-0.4, -0.2) is 47.4 Å². The van der Waals surface area contributed by atoms with Gasteiger partial charge in [-0.3, -0.25) is 9.59 Å². The van der Waals surface area contributed by atoms with Gasteiger partial charge < -0.3 is 20.3 Å². The monoisotopic (exact) mass is 1130 g/mol. The largest absolute Gasteiger partial charge is 0.466 e. The highest BCUT2D eigenvalue weighted by atomic mass is 16.5. The number of esters is 1. The first-order chi connectivity index (χ1) is 39.5. The fraction of sp³-hybridized carbons (Fsp3) is 0.946. The first kappa shape index (κ1) is 78.6. The number of amides is 1. The number of unbranched alkanes of at least 4 members (excludes halogenated alkanes) is 59. The standard InChI is InChI=1S/C74H145NO5/c1-3-5-7-9-11-13-15-17-19-36-40-44-48-52-56-60-64-68-74(79)80-69-65-61-57-53-49-45-41-38-35-33-31-29-27-25-23-21-20-22-24-26-28-30-32-34-37-39-43-47-51-55-59-63-67-73(78)75-71(70-76)72(77)66-62-58-54-50-46-42-18-16-14-12-10-8-6-4-2/h62,66,71-72,76-77H,3-61,63-65,67-70H2,1-2H3,(H,75,78)/b66-62+. The number of allylic oxidation sites excluding steroid dienone is 1. The summed E-state index contributed by atoms with van der Waals surface area (Å²) in [6.45, 7) is 4.95. The van der Waals surface area contributed by atoms with Crippen molar-refractivity contribution < 1.29 is 24.5 Å². The molecule has 0 bridgehead atoms. The summed E-state index contributed by atoms with van der Waals surface area (Å²) < 4.78 is 5.51. The molecule has 2 unspecified atom stereocenters. The third kappa shape index (κ3) is 65.7. The van der Waals surface area contributed by atoms with Crippen molar-refractivity contribution in [2.24, 2.45) is 0 Å². The molecule has 0 rings (SSSR count). The van der Waals surface area contributed by atoms with Gasteiger partial charge in [0.1, 0.15) is 0 Å². The van der Waals surface area contributed by atoms with Crippen LogP contribution in [0.3, 0.4) is 0 Å². The van der Waals surface area contributed by atoms with Crippen molar-refractivity contribution in [1.29, 1.82) is 0 Å². The molecule has 0 aliphatic rings. The van der Waals surface area contributed by atoms with Crippen molar-refractivity contribution in [3.63, 3.8) is 0 Å². The molecule has 6 heteroatoms. The third-order valence-electron chi connectivity index (χ3n) is 17.6. The van der Waals surface area contributed by atoms with Gasteiger partial charge in [-0.05, 0) is 32.1 Å². The molecule has 0 aromatic heterocycles. The van der Waals surface area contributed by atoms with Crippen LogP contribution in [0, 0.1) is 0 Å². The molecule has 1 amide bonds. The lowest BCUT2D eigenvalue weighted by Gasteiger charge is -2.20. The van der Waals surface area contributed by atoms with Gasteiger partial charge in [-0.15, -0.1) is 0 Å². The smallest absolute Gasteiger partial charge is 0.305 e. The van der Waals surface area contributed by atoms with Gasteiger partial charge in [-0.2, -0.15) is 0 Å². The lowest BCUT2D eigenvalue weighted by Crippen LogP contribution is -2.45. The van der Waals surface area contributed by atoms with E-state index in [1.165, 1.54) is 360 Å². The van der Waals surface area contributed by atoms with E-state index in [4.69, 9.17) is 4.74 Å². The second-order valence-corrected chi connectivity index (χ2v) is 25.6. The zero-order chi connectivity index (χ0) is 57.8. The minimum atomic E-state index is -0.840. The maximum atomic E-state index is 12.5. The number of carbonyl (C=O) groups is 2. The Bertz CT molecular complexity index is 1210. The van der Waals surface area contributed by atoms with E-state index in [-0.39, 0.29) is 18.5 Å². The summed E-state index contributed by atoms with van der Waals surface area (Å²) in [5.74, 6) is -0.0348. The fourth-order valence-electron chi connectivity index (χ4n) is 11.9. The van der Waals surface area contributed by atoms with Crippen LogP contribution in [0.25, 0.3) is 0 Å². The molecule has 6 nitrogen and oxygen atoms in total. The Labute approximate surface area is 501 Å². The van der Waals surface area contributed by atoms with Gasteiger partial charge in [0.25, 0.3) is 0 Å². The predicted molar refractivity (Wildman–Crippen MR) is 352 cm³/mol. The van der Waals surface area contributed by atoms with Crippen LogP contribution in [0.5, 0.6) is 0 Å². The molecule has 80 heavy (non-hydrogen) atoms. The molecule has 0 fully saturated rings. The minimum absolute atomic E-state index is 0.0259. The molecule has 0 heterocycles. The van der Waals surface area contributed by atoms with Crippen molar-refractivity contribution in [1.82, 2.24) is 5.32 Å². The fourth-order valence-corrected chi connectivity index (χ4v) is 11.9. The van der Waals surface area contributed by atoms with Crippen LogP contribution in [0.1, 0.15) is 425 Å². The van der Waals surface area contributed by atoms with Gasteiger partial charge in [-0.25, -0.2) is 0 Å². The predicted octanol–water partition coefficient (Wildman–Crippen LogP) is 23.9. The topological polar surface area (TPSA) is 95.9 Å². The summed E-state index contributed by atoms with van der Waals surface area (Å²) in [5.41, 5.74) is 0. The molecule has 476 valence electrons. The molecule has 0 spiro atoms. The lowest BCUT2D eigenvalue weighted by atomic mass is 10.0. The summed E-state index contributed by atoms with van der Waals surface area (Å²) in [7, 11) is 0. The number of hydrogen-bond acceptors (Lipinski definition) is 5. The SMILES string of the molecule is CCCCCCCCCCCCCC/C=C/C(O)C(CO)NC(=O)CCCCCCCCCCCCCCCCCCCCCCCCCCCCCCCCCCOC(=O)CCCCCCCCCCCCCCCCCCC. The van der Waals surface area contributed by atoms with Crippen molar-refractivity contribution >= 4 is 11.9 Å². The van der Waals surface area contributed by atoms with E-state index in [0.717, 1.165) is 38.5 Å². The molecule has 2 atom stereocenters. The van der Waals surface area contributed by atoms with Crippen LogP contribution in [0.2, 0.25) is 0 Å². The Hall–Kier alpha value is -1.40. The Morgan fingerprint density at radius 1 is 0.338 bits per heavy atom. The molecule has 0 aromatic carbocycles. The van der Waals surface area contributed by atoms with E-state index < -0.39 is 12.1 Å². The van der Waals surface area contributed by atoms with Gasteiger partial charge >= 0.3 is 5.97 Å². The Morgan fingerprint density at radius 2 is 0.575 bits per heavy atom. The normalized spacial score (nSPS) is 12.5. The van der Waals surface area contributed by atoms with E-state index in [9.17, 15) is 19.8 Å². The average Bonchev–Trinajstić information content (AvgIpc) is 3.46. The van der Waals surface area contributed by atoms with Crippen molar-refractivity contribution in [3.8, 4) is 0 Å². The molecule has 3 N–H and O–H groups in total. The number of aliphatic hydroxyl groups excluding tert-OH is 2. The molecule has 0 aromatic rings. The van der Waals surface area contributed by atoms with Crippen molar-refractivity contribution in [3.05, 3.63) is 12.2 Å². The van der Waals surface area contributed by atoms with E-state index in [1.807, 2.05) is 6.08 Å². The molecule has 0 aliphatic heterocycles. The molecule has 0 saturated heterocycles. The van der Waals surface area contributed by atoms with Crippen molar-refractivity contribution in [2.45, 2.75) is 437 Å². The van der Waals surface area contributed by atoms with Crippen molar-refractivity contribution in [2.75, 3.05) is 13.2 Å². The number of aliphatic hydroxyl groups is 2. The highest BCUT2D eigenvalue weighted by Gasteiger charge is 2.18. The summed E-state index contributed by atoms with van der Waals surface area (Å²) in [4.78, 5) is 24.6. The van der Waals surface area contributed by atoms with Crippen LogP contribution in [-0.2, 0) is 14.3 Å². The Kier molecular flexibility index (Phi) is 68.9. The van der Waals surface area contributed by atoms with Crippen LogP contribution in [0.15, 0.2) is 12.2 Å². The summed E-state index contributed by atoms with van der Waals surface area (Å²) in [5, 5.41) is 23.2. The first-order valence-corrected chi connectivity index (χ1v) is 37.0. The Balaban J connectivity index is 3.31. The number of nitrogens with one attached hydrogen (secondary N) is 1. The second-order valence-electron chi connectivity index (χ2n) is 25.6. The van der Waals surface area contributed by atoms with E-state index >= 15 is 0 Å². The number of carbonyl (C=O) groups excluding carboxylic acids is 2. The number of rotatable bonds is 70. The van der Waals surface area contributed by atoms with Gasteiger partial charge in [0, 0.05) is 12.8 Å². The summed E-state index contributed by atoms with van der Waals surface area (Å²) in [6, 6.07) is -0.623. The molecular weight excluding hydrogens is 983 g/mol. The summed E-state index contributed by atoms with van der Waals surface area (Å²) in [6.07, 6.45) is 87.5. The third-order valence-corrected chi connectivity index (χ3v) is 17.6. The van der Waals surface area contributed by atoms with Gasteiger partial charge in [0.2, 0.25) is 5.91 Å². The van der Waals surface area contributed by atoms with Crippen LogP contribution < -0.4 is 5.32 Å². The quantitative estimate of drug-likeness (QED) is 0.0320. The lowest BCUT2D eigenvalue weighted by molar-refractivity contribution is -0.143. The second kappa shape index (κ2) is 70.1. The maximum Gasteiger partial charge on any atom is 0.305 e. The number of hydrogen-bond donors (Lipinski definition) is 3. The van der Waals surface area contributed by atoms with Crippen LogP contribution in [0.4, 0.5) is 0 Å². The number of ether oxygens (including phenoxy) is 1. The highest BCUT2D eigenvalue weighted by Crippen LogP contribution is 2.20. The van der Waals surface area contributed by atoms with E-state index in [0.29, 0.717) is 19.4 Å². The zero-order valence-electron chi connectivity index (χ0n) is 54.6. The van der Waals surface area contributed by atoms with Gasteiger partial charge in [-0.1, -0.05) is 392 Å². The molecule has 0 aliphatic carbocycles. The van der Waals surface area contributed by atoms with Gasteiger partial charge in [0.15, 0.2) is 0 Å². The van der Waals surface area contributed by atoms with E-state index in [1.54, 1.807) is 6.08 Å². The minimum Gasteiger partial charge on any atom is -0.466 e. The first-order valence-electron chi connectivity index (χ1n) is 37.0. The van der Waals surface area contributed by atoms with Crippen LogP contribution >= 0.6 is 0 Å². The Morgan fingerprint density at radius 3 is 0.850 bits per heavy atom. The van der Waals surface area contributed by atoms with E-state index in [2.05, 4.69) is 19.2 Å². The zero-order valence-corrected chi connectivity index (χ0v) is 54.6. The molecule has 0 radical (unpaired) electrons. The average molecular weight is 1130 g/mol.